The minimum atomic E-state index is -1.82. The van der Waals surface area contributed by atoms with Crippen molar-refractivity contribution in [3.05, 3.63) is 29.3 Å². The van der Waals surface area contributed by atoms with Gasteiger partial charge in [0.25, 0.3) is 0 Å². The van der Waals surface area contributed by atoms with Gasteiger partial charge in [-0.25, -0.2) is 9.59 Å². The number of phenolic OH excluding ortho intramolecular Hbond substituents is 2. The quantitative estimate of drug-likeness (QED) is 0.249. The molecule has 0 saturated carbocycles. The van der Waals surface area contributed by atoms with E-state index in [2.05, 4.69) is 0 Å². The first-order valence-electron chi connectivity index (χ1n) is 11.0. The van der Waals surface area contributed by atoms with E-state index in [-0.39, 0.29) is 5.92 Å². The van der Waals surface area contributed by atoms with Crippen LogP contribution in [0.3, 0.4) is 0 Å². The number of ether oxygens (including phenoxy) is 3. The minimum Gasteiger partial charge on any atom is -0.504 e. The Balaban J connectivity index is 1.66. The van der Waals surface area contributed by atoms with Gasteiger partial charge in [-0.2, -0.15) is 0 Å². The highest BCUT2D eigenvalue weighted by molar-refractivity contribution is 5.89. The van der Waals surface area contributed by atoms with Crippen LogP contribution in [0.5, 0.6) is 17.2 Å². The maximum absolute atomic E-state index is 12.5. The van der Waals surface area contributed by atoms with Gasteiger partial charge in [-0.1, -0.05) is 6.08 Å². The highest BCUT2D eigenvalue weighted by Gasteiger charge is 2.46. The predicted molar refractivity (Wildman–Crippen MR) is 117 cm³/mol. The molecule has 0 spiro atoms. The number of carbonyl (C=O) groups is 2. The lowest BCUT2D eigenvalue weighted by Gasteiger charge is -2.40. The SMILES string of the molecule is CC(C)(O)[C@@H]1CC=C(C(=O)OC[C@@H]2O[C@H](Oc3c(O)cc(C(=O)O)cc3O)[C@@H](O)[C@H](O)[C@H]2O)CC1. The largest absolute Gasteiger partial charge is 0.504 e. The first kappa shape index (κ1) is 26.7. The first-order chi connectivity index (χ1) is 16.3. The van der Waals surface area contributed by atoms with Crippen LogP contribution in [0, 0.1) is 5.92 Å². The molecule has 1 heterocycles. The highest BCUT2D eigenvalue weighted by Crippen LogP contribution is 2.39. The molecule has 1 aromatic rings. The molecule has 1 aromatic carbocycles. The maximum atomic E-state index is 12.5. The van der Waals surface area contributed by atoms with Crippen molar-refractivity contribution in [3.63, 3.8) is 0 Å². The van der Waals surface area contributed by atoms with Gasteiger partial charge in [0.1, 0.15) is 31.0 Å². The molecule has 35 heavy (non-hydrogen) atoms. The molecule has 1 fully saturated rings. The molecule has 0 amide bonds. The van der Waals surface area contributed by atoms with E-state index >= 15 is 0 Å². The van der Waals surface area contributed by atoms with E-state index in [4.69, 9.17) is 19.3 Å². The lowest BCUT2D eigenvalue weighted by Crippen LogP contribution is -2.60. The molecule has 7 N–H and O–H groups in total. The molecular weight excluding hydrogens is 468 g/mol. The van der Waals surface area contributed by atoms with E-state index in [1.165, 1.54) is 0 Å². The number of aliphatic hydroxyl groups is 4. The average Bonchev–Trinajstić information content (AvgIpc) is 2.79. The van der Waals surface area contributed by atoms with Crippen LogP contribution in [-0.2, 0) is 14.3 Å². The Morgan fingerprint density at radius 3 is 2.23 bits per heavy atom. The summed E-state index contributed by atoms with van der Waals surface area (Å²) in [5.74, 6) is -4.24. The summed E-state index contributed by atoms with van der Waals surface area (Å²) in [6, 6.07) is 1.61. The monoisotopic (exact) mass is 498 g/mol. The normalized spacial score (nSPS) is 29.3. The third-order valence-electron chi connectivity index (χ3n) is 6.25. The number of rotatable bonds is 7. The Bertz CT molecular complexity index is 958. The number of aliphatic hydroxyl groups excluding tert-OH is 3. The molecule has 1 saturated heterocycles. The van der Waals surface area contributed by atoms with Gasteiger partial charge in [-0.15, -0.1) is 0 Å². The van der Waals surface area contributed by atoms with Gasteiger partial charge in [0, 0.05) is 5.57 Å². The smallest absolute Gasteiger partial charge is 0.335 e. The number of esters is 1. The summed E-state index contributed by atoms with van der Waals surface area (Å²) in [4.78, 5) is 23.5. The fourth-order valence-electron chi connectivity index (χ4n) is 4.02. The number of phenols is 2. The molecule has 12 heteroatoms. The third kappa shape index (κ3) is 6.03. The molecule has 3 rings (SSSR count). The summed E-state index contributed by atoms with van der Waals surface area (Å²) in [7, 11) is 0. The summed E-state index contributed by atoms with van der Waals surface area (Å²) >= 11 is 0. The van der Waals surface area contributed by atoms with Crippen LogP contribution in [0.1, 0.15) is 43.5 Å². The summed E-state index contributed by atoms with van der Waals surface area (Å²) < 4.78 is 15.9. The van der Waals surface area contributed by atoms with Crippen LogP contribution in [0.4, 0.5) is 0 Å². The van der Waals surface area contributed by atoms with Crippen molar-refractivity contribution in [3.8, 4) is 17.2 Å². The van der Waals surface area contributed by atoms with Crippen molar-refractivity contribution >= 4 is 11.9 Å². The standard InChI is InChI=1S/C23H30O12/c1-23(2,32)12-5-3-10(4-6-12)21(31)33-9-15-16(26)17(27)18(28)22(34-15)35-19-13(24)7-11(20(29)30)8-14(19)25/h3,7-8,12,15-18,22,24-28,32H,4-6,9H2,1-2H3,(H,29,30)/t12-,15+,16+,17-,18+,22-/m1/s1. The van der Waals surface area contributed by atoms with E-state index in [1.54, 1.807) is 19.9 Å². The van der Waals surface area contributed by atoms with Gasteiger partial charge >= 0.3 is 11.9 Å². The summed E-state index contributed by atoms with van der Waals surface area (Å²) in [6.07, 6.45) is -5.18. The molecular formula is C23H30O12. The molecule has 6 atom stereocenters. The van der Waals surface area contributed by atoms with E-state index in [1.807, 2.05) is 0 Å². The van der Waals surface area contributed by atoms with Crippen LogP contribution < -0.4 is 4.74 Å². The summed E-state index contributed by atoms with van der Waals surface area (Å²) in [5.41, 5.74) is -0.907. The van der Waals surface area contributed by atoms with Gasteiger partial charge in [0.05, 0.1) is 11.2 Å². The van der Waals surface area contributed by atoms with E-state index in [0.717, 1.165) is 12.1 Å². The molecule has 0 aromatic heterocycles. The number of carbonyl (C=O) groups excluding carboxylic acids is 1. The van der Waals surface area contributed by atoms with Crippen molar-refractivity contribution in [2.45, 2.75) is 69.4 Å². The van der Waals surface area contributed by atoms with Crippen molar-refractivity contribution in [1.82, 2.24) is 0 Å². The average molecular weight is 498 g/mol. The molecule has 2 aliphatic rings. The van der Waals surface area contributed by atoms with Gasteiger partial charge in [-0.05, 0) is 51.2 Å². The van der Waals surface area contributed by atoms with Crippen molar-refractivity contribution in [2.24, 2.45) is 5.92 Å². The van der Waals surface area contributed by atoms with Crippen LogP contribution in [0.25, 0.3) is 0 Å². The molecule has 1 aliphatic heterocycles. The number of aromatic carboxylic acids is 1. The number of benzene rings is 1. The molecule has 194 valence electrons. The fourth-order valence-corrected chi connectivity index (χ4v) is 4.02. The second-order valence-corrected chi connectivity index (χ2v) is 9.23. The van der Waals surface area contributed by atoms with Crippen molar-refractivity contribution < 1.29 is 59.5 Å². The Labute approximate surface area is 200 Å². The number of hydrogen-bond acceptors (Lipinski definition) is 11. The second kappa shape index (κ2) is 10.4. The van der Waals surface area contributed by atoms with E-state index < -0.39 is 77.7 Å². The number of hydrogen-bond donors (Lipinski definition) is 7. The third-order valence-corrected chi connectivity index (χ3v) is 6.25. The van der Waals surface area contributed by atoms with E-state index in [0.29, 0.717) is 24.8 Å². The lowest BCUT2D eigenvalue weighted by molar-refractivity contribution is -0.278. The Hall–Kier alpha value is -2.90. The lowest BCUT2D eigenvalue weighted by atomic mass is 9.79. The molecule has 0 bridgehead atoms. The zero-order chi connectivity index (χ0) is 26.1. The summed E-state index contributed by atoms with van der Waals surface area (Å²) in [5, 5.41) is 69.8. The van der Waals surface area contributed by atoms with E-state index in [9.17, 15) is 40.2 Å². The highest BCUT2D eigenvalue weighted by atomic mass is 16.7. The fraction of sp³-hybridized carbons (Fsp3) is 0.565. The van der Waals surface area contributed by atoms with Crippen LogP contribution in [-0.4, -0.2) is 90.6 Å². The van der Waals surface area contributed by atoms with Crippen molar-refractivity contribution in [2.75, 3.05) is 6.61 Å². The zero-order valence-electron chi connectivity index (χ0n) is 19.2. The molecule has 0 unspecified atom stereocenters. The minimum absolute atomic E-state index is 0.00510. The van der Waals surface area contributed by atoms with Crippen LogP contribution in [0.15, 0.2) is 23.8 Å². The molecule has 0 radical (unpaired) electrons. The predicted octanol–water partition coefficient (Wildman–Crippen LogP) is 0.0230. The maximum Gasteiger partial charge on any atom is 0.335 e. The van der Waals surface area contributed by atoms with Crippen LogP contribution >= 0.6 is 0 Å². The Morgan fingerprint density at radius 1 is 1.09 bits per heavy atom. The van der Waals surface area contributed by atoms with Gasteiger partial charge in [0.2, 0.25) is 12.0 Å². The van der Waals surface area contributed by atoms with Gasteiger partial charge in [-0.3, -0.25) is 0 Å². The van der Waals surface area contributed by atoms with Crippen LogP contribution in [0.2, 0.25) is 0 Å². The van der Waals surface area contributed by atoms with Gasteiger partial charge < -0.3 is 50.0 Å². The zero-order valence-corrected chi connectivity index (χ0v) is 19.2. The van der Waals surface area contributed by atoms with Crippen molar-refractivity contribution in [1.29, 1.82) is 0 Å². The number of carboxylic acids is 1. The number of allylic oxidation sites excluding steroid dienone is 1. The first-order valence-corrected chi connectivity index (χ1v) is 11.0. The molecule has 12 nitrogen and oxygen atoms in total. The Morgan fingerprint density at radius 2 is 1.71 bits per heavy atom. The second-order valence-electron chi connectivity index (χ2n) is 9.23. The number of aromatic hydroxyl groups is 2. The Kier molecular flexibility index (Phi) is 7.92. The van der Waals surface area contributed by atoms with Gasteiger partial charge in [0.15, 0.2) is 11.5 Å². The number of carboxylic acid groups (broad SMARTS) is 1. The summed E-state index contributed by atoms with van der Waals surface area (Å²) in [6.45, 7) is 2.90. The topological polar surface area (TPSA) is 203 Å². The molecule has 1 aliphatic carbocycles.